The maximum absolute atomic E-state index is 12.2. The van der Waals surface area contributed by atoms with Crippen molar-refractivity contribution in [3.05, 3.63) is 0 Å². The Hall–Kier alpha value is -1.47. The van der Waals surface area contributed by atoms with E-state index in [-0.39, 0.29) is 30.8 Å². The number of hydrogen-bond donors (Lipinski definition) is 2. The molecule has 2 saturated heterocycles. The number of carbonyl (C=O) groups is 3. The van der Waals surface area contributed by atoms with Gasteiger partial charge in [0, 0.05) is 19.0 Å². The van der Waals surface area contributed by atoms with Gasteiger partial charge < -0.3 is 15.0 Å². The summed E-state index contributed by atoms with van der Waals surface area (Å²) in [5, 5.41) is 5.44. The van der Waals surface area contributed by atoms with Crippen LogP contribution in [0.25, 0.3) is 0 Å². The lowest BCUT2D eigenvalue weighted by atomic mass is 10.1. The Bertz CT molecular complexity index is 379. The number of amides is 3. The number of ether oxygens (including phenoxy) is 1. The molecule has 0 aromatic heterocycles. The molecule has 0 radical (unpaired) electrons. The fourth-order valence-electron chi connectivity index (χ4n) is 2.41. The molecule has 2 rings (SSSR count). The van der Waals surface area contributed by atoms with Crippen molar-refractivity contribution in [1.29, 1.82) is 0 Å². The van der Waals surface area contributed by atoms with Crippen molar-refractivity contribution in [2.24, 2.45) is 0 Å². The summed E-state index contributed by atoms with van der Waals surface area (Å²) in [6.07, 6.45) is 0.747. The second-order valence-corrected chi connectivity index (χ2v) is 4.79. The third kappa shape index (κ3) is 3.30. The SMILES string of the molecule is CCC1C(=O)NC(=O)CN1C(=O)CC1COCCN1. The Balaban J connectivity index is 1.98. The number of nitrogens with zero attached hydrogens (tertiary/aromatic N) is 1. The van der Waals surface area contributed by atoms with Gasteiger partial charge in [-0.25, -0.2) is 0 Å². The Kier molecular flexibility index (Phi) is 4.49. The standard InChI is InChI=1S/C12H19N3O4/c1-2-9-12(18)14-10(16)6-15(9)11(17)5-8-7-19-4-3-13-8/h8-9,13H,2-7H2,1H3,(H,14,16,18). The first kappa shape index (κ1) is 14.0. The third-order valence-corrected chi connectivity index (χ3v) is 3.38. The van der Waals surface area contributed by atoms with E-state index in [0.29, 0.717) is 26.2 Å². The first-order chi connectivity index (χ1) is 9.11. The quantitative estimate of drug-likeness (QED) is 0.617. The molecule has 2 unspecified atom stereocenters. The van der Waals surface area contributed by atoms with Crippen LogP contribution in [0.3, 0.4) is 0 Å². The second-order valence-electron chi connectivity index (χ2n) is 4.79. The van der Waals surface area contributed by atoms with E-state index in [4.69, 9.17) is 4.74 Å². The van der Waals surface area contributed by atoms with Gasteiger partial charge in [0.25, 0.3) is 0 Å². The summed E-state index contributed by atoms with van der Waals surface area (Å²) in [6, 6.07) is -0.589. The van der Waals surface area contributed by atoms with E-state index in [2.05, 4.69) is 10.6 Å². The highest BCUT2D eigenvalue weighted by molar-refractivity contribution is 6.04. The van der Waals surface area contributed by atoms with Crippen LogP contribution in [0.4, 0.5) is 0 Å². The van der Waals surface area contributed by atoms with E-state index in [1.165, 1.54) is 4.90 Å². The molecule has 0 aliphatic carbocycles. The summed E-state index contributed by atoms with van der Waals surface area (Å²) in [5.74, 6) is -0.992. The minimum Gasteiger partial charge on any atom is -0.378 e. The average Bonchev–Trinajstić information content (AvgIpc) is 2.39. The molecule has 2 aliphatic heterocycles. The largest absolute Gasteiger partial charge is 0.378 e. The van der Waals surface area contributed by atoms with Crippen LogP contribution in [-0.4, -0.2) is 61.0 Å². The molecule has 2 heterocycles. The van der Waals surface area contributed by atoms with E-state index < -0.39 is 11.9 Å². The molecule has 7 heteroatoms. The van der Waals surface area contributed by atoms with Crippen molar-refractivity contribution >= 4 is 17.7 Å². The van der Waals surface area contributed by atoms with Gasteiger partial charge in [-0.1, -0.05) is 6.92 Å². The van der Waals surface area contributed by atoms with Crippen LogP contribution < -0.4 is 10.6 Å². The number of hydrogen-bond acceptors (Lipinski definition) is 5. The van der Waals surface area contributed by atoms with E-state index in [1.54, 1.807) is 0 Å². The van der Waals surface area contributed by atoms with Crippen LogP contribution in [0.5, 0.6) is 0 Å². The Morgan fingerprint density at radius 3 is 2.89 bits per heavy atom. The molecule has 3 amide bonds. The maximum atomic E-state index is 12.2. The Labute approximate surface area is 111 Å². The molecular formula is C12H19N3O4. The van der Waals surface area contributed by atoms with Crippen molar-refractivity contribution in [1.82, 2.24) is 15.5 Å². The van der Waals surface area contributed by atoms with Crippen molar-refractivity contribution in [3.8, 4) is 0 Å². The van der Waals surface area contributed by atoms with Crippen LogP contribution in [-0.2, 0) is 19.1 Å². The van der Waals surface area contributed by atoms with Crippen molar-refractivity contribution in [2.45, 2.75) is 31.8 Å². The molecule has 0 aromatic carbocycles. The van der Waals surface area contributed by atoms with Crippen LogP contribution in [0.1, 0.15) is 19.8 Å². The molecule has 2 aliphatic rings. The summed E-state index contributed by atoms with van der Waals surface area (Å²) < 4.78 is 5.29. The van der Waals surface area contributed by atoms with Crippen LogP contribution in [0.15, 0.2) is 0 Å². The normalized spacial score (nSPS) is 28.2. The highest BCUT2D eigenvalue weighted by atomic mass is 16.5. The lowest BCUT2D eigenvalue weighted by molar-refractivity contribution is -0.150. The lowest BCUT2D eigenvalue weighted by Gasteiger charge is -2.34. The van der Waals surface area contributed by atoms with Crippen molar-refractivity contribution < 1.29 is 19.1 Å². The second kappa shape index (κ2) is 6.12. The van der Waals surface area contributed by atoms with Gasteiger partial charge in [0.05, 0.1) is 13.2 Å². The van der Waals surface area contributed by atoms with E-state index in [9.17, 15) is 14.4 Å². The number of carbonyl (C=O) groups excluding carboxylic acids is 3. The van der Waals surface area contributed by atoms with E-state index in [0.717, 1.165) is 0 Å². The molecule has 2 N–H and O–H groups in total. The predicted molar refractivity (Wildman–Crippen MR) is 66.2 cm³/mol. The van der Waals surface area contributed by atoms with Gasteiger partial charge in [0.1, 0.15) is 12.6 Å². The van der Waals surface area contributed by atoms with Gasteiger partial charge in [-0.15, -0.1) is 0 Å². The van der Waals surface area contributed by atoms with E-state index in [1.807, 2.05) is 6.92 Å². The molecule has 2 fully saturated rings. The fraction of sp³-hybridized carbons (Fsp3) is 0.750. The van der Waals surface area contributed by atoms with Crippen LogP contribution in [0.2, 0.25) is 0 Å². The number of imide groups is 1. The smallest absolute Gasteiger partial charge is 0.249 e. The summed E-state index contributed by atoms with van der Waals surface area (Å²) in [6.45, 7) is 3.62. The predicted octanol–water partition coefficient (Wildman–Crippen LogP) is -1.37. The molecule has 0 spiro atoms. The average molecular weight is 269 g/mol. The molecule has 19 heavy (non-hydrogen) atoms. The van der Waals surface area contributed by atoms with Gasteiger partial charge >= 0.3 is 0 Å². The molecule has 0 saturated carbocycles. The number of nitrogens with one attached hydrogen (secondary N) is 2. The van der Waals surface area contributed by atoms with Gasteiger partial charge in [-0.3, -0.25) is 19.7 Å². The zero-order chi connectivity index (χ0) is 13.8. The summed E-state index contributed by atoms with van der Waals surface area (Å²) in [5.41, 5.74) is 0. The highest BCUT2D eigenvalue weighted by Gasteiger charge is 2.36. The number of rotatable bonds is 3. The Morgan fingerprint density at radius 2 is 2.26 bits per heavy atom. The minimum atomic E-state index is -0.547. The molecule has 106 valence electrons. The maximum Gasteiger partial charge on any atom is 0.249 e. The summed E-state index contributed by atoms with van der Waals surface area (Å²) in [7, 11) is 0. The molecule has 2 atom stereocenters. The van der Waals surface area contributed by atoms with Crippen LogP contribution >= 0.6 is 0 Å². The monoisotopic (exact) mass is 269 g/mol. The summed E-state index contributed by atoms with van der Waals surface area (Å²) >= 11 is 0. The first-order valence-corrected chi connectivity index (χ1v) is 6.56. The lowest BCUT2D eigenvalue weighted by Crippen LogP contribution is -2.60. The van der Waals surface area contributed by atoms with Gasteiger partial charge in [-0.05, 0) is 6.42 Å². The van der Waals surface area contributed by atoms with Crippen molar-refractivity contribution in [3.63, 3.8) is 0 Å². The molecule has 0 bridgehead atoms. The number of morpholine rings is 1. The topological polar surface area (TPSA) is 87.7 Å². The summed E-state index contributed by atoms with van der Waals surface area (Å²) in [4.78, 5) is 36.6. The van der Waals surface area contributed by atoms with E-state index >= 15 is 0 Å². The molecular weight excluding hydrogens is 250 g/mol. The molecule has 7 nitrogen and oxygen atoms in total. The van der Waals surface area contributed by atoms with Crippen LogP contribution in [0, 0.1) is 0 Å². The number of piperazine rings is 1. The fourth-order valence-corrected chi connectivity index (χ4v) is 2.41. The van der Waals surface area contributed by atoms with Gasteiger partial charge in [-0.2, -0.15) is 0 Å². The third-order valence-electron chi connectivity index (χ3n) is 3.38. The Morgan fingerprint density at radius 1 is 1.47 bits per heavy atom. The zero-order valence-electron chi connectivity index (χ0n) is 11.0. The zero-order valence-corrected chi connectivity index (χ0v) is 11.0. The van der Waals surface area contributed by atoms with Crippen molar-refractivity contribution in [2.75, 3.05) is 26.3 Å². The molecule has 0 aromatic rings. The van der Waals surface area contributed by atoms with Gasteiger partial charge in [0.2, 0.25) is 17.7 Å². The minimum absolute atomic E-state index is 0.0427. The highest BCUT2D eigenvalue weighted by Crippen LogP contribution is 2.12. The van der Waals surface area contributed by atoms with Gasteiger partial charge in [0.15, 0.2) is 0 Å². The first-order valence-electron chi connectivity index (χ1n) is 6.56.